The minimum absolute atomic E-state index is 0.00709. The lowest BCUT2D eigenvalue weighted by Crippen LogP contribution is -2.36. The Labute approximate surface area is 158 Å². The van der Waals surface area contributed by atoms with Crippen LogP contribution in [0, 0.1) is 15.9 Å². The number of nitrogens with zero attached hydrogens (tertiary/aromatic N) is 1. The average Bonchev–Trinajstić information content (AvgIpc) is 2.67. The van der Waals surface area contributed by atoms with Gasteiger partial charge in [-0.15, -0.1) is 0 Å². The maximum Gasteiger partial charge on any atom is 0.326 e. The van der Waals surface area contributed by atoms with Crippen molar-refractivity contribution in [2.45, 2.75) is 13.0 Å². The summed E-state index contributed by atoms with van der Waals surface area (Å²) in [5.41, 5.74) is -0.338. The predicted octanol–water partition coefficient (Wildman–Crippen LogP) is 2.03. The summed E-state index contributed by atoms with van der Waals surface area (Å²) < 4.78 is 18.4. The number of amides is 2. The van der Waals surface area contributed by atoms with Crippen LogP contribution in [0.3, 0.4) is 0 Å². The Hall–Kier alpha value is -3.82. The minimum atomic E-state index is -1.23. The second kappa shape index (κ2) is 9.21. The average molecular weight is 389 g/mol. The zero-order valence-electron chi connectivity index (χ0n) is 14.7. The number of carbonyl (C=O) groups excluding carboxylic acids is 3. The highest BCUT2D eigenvalue weighted by Gasteiger charge is 2.20. The number of non-ortho nitro benzene ring substituents is 1. The number of halogens is 1. The van der Waals surface area contributed by atoms with Crippen molar-refractivity contribution >= 4 is 29.2 Å². The Morgan fingerprint density at radius 3 is 2.57 bits per heavy atom. The molecular formula is C18H16FN3O6. The van der Waals surface area contributed by atoms with Crippen molar-refractivity contribution in [1.82, 2.24) is 5.32 Å². The SMILES string of the molecule is C[C@H](OC(=O)CNC(=O)c1cccc([N+](=O)[O-])c1)C(=O)Nc1ccccc1F. The number of para-hydroxylation sites is 1. The molecule has 0 fully saturated rings. The molecule has 0 aliphatic carbocycles. The van der Waals surface area contributed by atoms with E-state index >= 15 is 0 Å². The summed E-state index contributed by atoms with van der Waals surface area (Å²) in [6.07, 6.45) is -1.23. The third kappa shape index (κ3) is 5.59. The van der Waals surface area contributed by atoms with Crippen LogP contribution in [0.1, 0.15) is 17.3 Å². The number of ether oxygens (including phenoxy) is 1. The topological polar surface area (TPSA) is 128 Å². The van der Waals surface area contributed by atoms with Gasteiger partial charge in [-0.1, -0.05) is 18.2 Å². The number of carbonyl (C=O) groups is 3. The van der Waals surface area contributed by atoms with Crippen molar-refractivity contribution in [2.24, 2.45) is 0 Å². The van der Waals surface area contributed by atoms with E-state index in [1.54, 1.807) is 0 Å². The van der Waals surface area contributed by atoms with Gasteiger partial charge in [-0.05, 0) is 25.1 Å². The van der Waals surface area contributed by atoms with Crippen LogP contribution in [0.4, 0.5) is 15.8 Å². The Balaban J connectivity index is 1.85. The molecule has 1 atom stereocenters. The molecule has 0 radical (unpaired) electrons. The van der Waals surface area contributed by atoms with E-state index in [4.69, 9.17) is 4.74 Å². The molecule has 0 bridgehead atoms. The molecule has 2 rings (SSSR count). The van der Waals surface area contributed by atoms with Gasteiger partial charge in [0.05, 0.1) is 10.6 Å². The first-order valence-corrected chi connectivity index (χ1v) is 8.05. The fourth-order valence-electron chi connectivity index (χ4n) is 2.10. The fourth-order valence-corrected chi connectivity index (χ4v) is 2.10. The van der Waals surface area contributed by atoms with Gasteiger partial charge in [0.1, 0.15) is 12.4 Å². The maximum atomic E-state index is 13.5. The fraction of sp³-hybridized carbons (Fsp3) is 0.167. The van der Waals surface area contributed by atoms with Crippen molar-refractivity contribution in [3.8, 4) is 0 Å². The van der Waals surface area contributed by atoms with E-state index in [0.29, 0.717) is 0 Å². The minimum Gasteiger partial charge on any atom is -0.451 e. The van der Waals surface area contributed by atoms with Crippen LogP contribution in [-0.2, 0) is 14.3 Å². The van der Waals surface area contributed by atoms with E-state index in [1.807, 2.05) is 0 Å². The van der Waals surface area contributed by atoms with Gasteiger partial charge in [0.25, 0.3) is 17.5 Å². The second-order valence-electron chi connectivity index (χ2n) is 5.59. The van der Waals surface area contributed by atoms with Crippen LogP contribution in [0.25, 0.3) is 0 Å². The van der Waals surface area contributed by atoms with Crippen LogP contribution in [-0.4, -0.2) is 35.4 Å². The standard InChI is InChI=1S/C18H16FN3O6/c1-11(17(24)21-15-8-3-2-7-14(15)19)28-16(23)10-20-18(25)12-5-4-6-13(9-12)22(26)27/h2-9,11H,10H2,1H3,(H,20,25)(H,21,24)/t11-/m0/s1. The van der Waals surface area contributed by atoms with Crippen molar-refractivity contribution in [3.63, 3.8) is 0 Å². The van der Waals surface area contributed by atoms with Gasteiger partial charge in [-0.3, -0.25) is 24.5 Å². The molecule has 0 saturated carbocycles. The molecule has 0 heterocycles. The molecule has 0 spiro atoms. The molecule has 28 heavy (non-hydrogen) atoms. The number of nitro groups is 1. The van der Waals surface area contributed by atoms with Gasteiger partial charge < -0.3 is 15.4 Å². The van der Waals surface area contributed by atoms with Crippen LogP contribution in [0.2, 0.25) is 0 Å². The maximum absolute atomic E-state index is 13.5. The summed E-state index contributed by atoms with van der Waals surface area (Å²) >= 11 is 0. The number of anilines is 1. The summed E-state index contributed by atoms with van der Waals surface area (Å²) in [5, 5.41) is 15.2. The molecule has 2 aromatic carbocycles. The summed E-state index contributed by atoms with van der Waals surface area (Å²) in [6, 6.07) is 10.5. The highest BCUT2D eigenvalue weighted by Crippen LogP contribution is 2.14. The number of benzene rings is 2. The van der Waals surface area contributed by atoms with Crippen molar-refractivity contribution in [1.29, 1.82) is 0 Å². The summed E-state index contributed by atoms with van der Waals surface area (Å²) in [4.78, 5) is 45.8. The molecule has 0 saturated heterocycles. The largest absolute Gasteiger partial charge is 0.451 e. The quantitative estimate of drug-likeness (QED) is 0.424. The summed E-state index contributed by atoms with van der Waals surface area (Å²) in [7, 11) is 0. The molecule has 10 heteroatoms. The molecule has 0 unspecified atom stereocenters. The molecule has 2 N–H and O–H groups in total. The van der Waals surface area contributed by atoms with Crippen molar-refractivity contribution in [3.05, 3.63) is 70.0 Å². The smallest absolute Gasteiger partial charge is 0.326 e. The van der Waals surface area contributed by atoms with Crippen LogP contribution >= 0.6 is 0 Å². The van der Waals surface area contributed by atoms with Crippen molar-refractivity contribution < 1.29 is 28.4 Å². The zero-order chi connectivity index (χ0) is 20.7. The first kappa shape index (κ1) is 20.5. The highest BCUT2D eigenvalue weighted by molar-refractivity contribution is 5.97. The van der Waals surface area contributed by atoms with E-state index in [9.17, 15) is 28.9 Å². The normalized spacial score (nSPS) is 11.2. The Kier molecular flexibility index (Phi) is 6.74. The number of hydrogen-bond acceptors (Lipinski definition) is 6. The first-order valence-electron chi connectivity index (χ1n) is 8.05. The monoisotopic (exact) mass is 389 g/mol. The predicted molar refractivity (Wildman–Crippen MR) is 96.0 cm³/mol. The molecule has 9 nitrogen and oxygen atoms in total. The number of esters is 1. The molecule has 0 aliphatic rings. The highest BCUT2D eigenvalue weighted by atomic mass is 19.1. The van der Waals surface area contributed by atoms with Gasteiger partial charge in [0, 0.05) is 17.7 Å². The lowest BCUT2D eigenvalue weighted by Gasteiger charge is -2.14. The summed E-state index contributed by atoms with van der Waals surface area (Å²) in [5.74, 6) is -3.01. The molecule has 2 amide bonds. The van der Waals surface area contributed by atoms with Crippen LogP contribution < -0.4 is 10.6 Å². The van der Waals surface area contributed by atoms with Gasteiger partial charge in [-0.25, -0.2) is 4.39 Å². The molecule has 2 aromatic rings. The molecular weight excluding hydrogens is 373 g/mol. The third-order valence-corrected chi connectivity index (χ3v) is 3.52. The lowest BCUT2D eigenvalue weighted by atomic mass is 10.2. The second-order valence-corrected chi connectivity index (χ2v) is 5.59. The Morgan fingerprint density at radius 2 is 1.89 bits per heavy atom. The van der Waals surface area contributed by atoms with Crippen LogP contribution in [0.5, 0.6) is 0 Å². The zero-order valence-corrected chi connectivity index (χ0v) is 14.7. The first-order chi connectivity index (χ1) is 13.3. The third-order valence-electron chi connectivity index (χ3n) is 3.52. The van der Waals surface area contributed by atoms with E-state index < -0.39 is 41.2 Å². The van der Waals surface area contributed by atoms with Crippen LogP contribution in [0.15, 0.2) is 48.5 Å². The Morgan fingerprint density at radius 1 is 1.18 bits per heavy atom. The van der Waals surface area contributed by atoms with Gasteiger partial charge >= 0.3 is 5.97 Å². The number of nitro benzene ring substituents is 1. The van der Waals surface area contributed by atoms with Crippen molar-refractivity contribution in [2.75, 3.05) is 11.9 Å². The van der Waals surface area contributed by atoms with E-state index in [1.165, 1.54) is 43.3 Å². The Bertz CT molecular complexity index is 918. The van der Waals surface area contributed by atoms with Gasteiger partial charge in [0.2, 0.25) is 0 Å². The van der Waals surface area contributed by atoms with E-state index in [2.05, 4.69) is 10.6 Å². The van der Waals surface area contributed by atoms with E-state index in [-0.39, 0.29) is 16.9 Å². The molecule has 0 aliphatic heterocycles. The number of hydrogen-bond donors (Lipinski definition) is 2. The molecule has 146 valence electrons. The lowest BCUT2D eigenvalue weighted by molar-refractivity contribution is -0.384. The van der Waals surface area contributed by atoms with Gasteiger partial charge in [-0.2, -0.15) is 0 Å². The number of nitrogens with one attached hydrogen (secondary N) is 2. The summed E-state index contributed by atoms with van der Waals surface area (Å²) in [6.45, 7) is 0.731. The van der Waals surface area contributed by atoms with Gasteiger partial charge in [0.15, 0.2) is 6.10 Å². The van der Waals surface area contributed by atoms with E-state index in [0.717, 1.165) is 12.1 Å². The number of rotatable bonds is 7. The molecule has 0 aromatic heterocycles.